The van der Waals surface area contributed by atoms with Crippen molar-refractivity contribution in [3.8, 4) is 11.5 Å². The summed E-state index contributed by atoms with van der Waals surface area (Å²) in [4.78, 5) is 2.24. The monoisotopic (exact) mass is 430 g/mol. The van der Waals surface area contributed by atoms with Gasteiger partial charge >= 0.3 is 0 Å². The Labute approximate surface area is 167 Å². The molecule has 6 nitrogen and oxygen atoms in total. The van der Waals surface area contributed by atoms with Crippen molar-refractivity contribution in [3.63, 3.8) is 0 Å². The molecule has 0 radical (unpaired) electrons. The molecule has 142 valence electrons. The largest absolute Gasteiger partial charge is 0.493 e. The highest BCUT2D eigenvalue weighted by Crippen LogP contribution is 2.43. The maximum Gasteiger partial charge on any atom is 0.177 e. The smallest absolute Gasteiger partial charge is 0.177 e. The number of nitrogens with two attached hydrogens (primary N) is 1. The molecule has 2 aliphatic heterocycles. The van der Waals surface area contributed by atoms with Crippen molar-refractivity contribution in [3.05, 3.63) is 52.5 Å². The number of amidine groups is 1. The van der Waals surface area contributed by atoms with Crippen molar-refractivity contribution in [2.75, 3.05) is 19.2 Å². The molecule has 4 rings (SSSR count). The molecule has 0 amide bonds. The summed E-state index contributed by atoms with van der Waals surface area (Å²) in [5.41, 5.74) is 8.80. The van der Waals surface area contributed by atoms with Crippen LogP contribution < -0.4 is 20.2 Å². The summed E-state index contributed by atoms with van der Waals surface area (Å²) in [5, 5.41) is 6.72. The van der Waals surface area contributed by atoms with Gasteiger partial charge in [0.05, 0.1) is 25.9 Å². The number of hydrogen-bond donors (Lipinski definition) is 1. The van der Waals surface area contributed by atoms with Gasteiger partial charge in [0.1, 0.15) is 5.84 Å². The van der Waals surface area contributed by atoms with Crippen LogP contribution in [0.4, 0.5) is 5.69 Å². The van der Waals surface area contributed by atoms with E-state index in [1.54, 1.807) is 14.2 Å². The fourth-order valence-corrected chi connectivity index (χ4v) is 4.36. The predicted octanol–water partition coefficient (Wildman–Crippen LogP) is 4.07. The third-order valence-corrected chi connectivity index (χ3v) is 5.79. The summed E-state index contributed by atoms with van der Waals surface area (Å²) in [6, 6.07) is 14.5. The molecule has 2 aromatic carbocycles. The number of fused-ring (bicyclic) bond motifs is 1. The van der Waals surface area contributed by atoms with Crippen molar-refractivity contribution in [1.82, 2.24) is 4.90 Å². The van der Waals surface area contributed by atoms with Crippen LogP contribution >= 0.6 is 15.9 Å². The van der Waals surface area contributed by atoms with Gasteiger partial charge in [-0.3, -0.25) is 5.73 Å². The Bertz CT molecular complexity index is 859. The van der Waals surface area contributed by atoms with E-state index < -0.39 is 0 Å². The van der Waals surface area contributed by atoms with Crippen LogP contribution in [0.15, 0.2) is 52.0 Å². The summed E-state index contributed by atoms with van der Waals surface area (Å²) in [7, 11) is 3.25. The van der Waals surface area contributed by atoms with Gasteiger partial charge < -0.3 is 14.4 Å². The van der Waals surface area contributed by atoms with Crippen molar-refractivity contribution in [1.29, 1.82) is 0 Å². The first-order valence-corrected chi connectivity index (χ1v) is 9.80. The van der Waals surface area contributed by atoms with E-state index in [0.717, 1.165) is 35.3 Å². The van der Waals surface area contributed by atoms with Crippen LogP contribution in [0.1, 0.15) is 30.9 Å². The molecule has 0 spiro atoms. The number of methoxy groups -OCH3 is 2. The number of hydrazone groups is 1. The third-order valence-electron chi connectivity index (χ3n) is 5.15. The average Bonchev–Trinajstić information content (AvgIpc) is 3.05. The maximum absolute atomic E-state index is 6.67. The lowest BCUT2D eigenvalue weighted by molar-refractivity contribution is 0.221. The first-order valence-electron chi connectivity index (χ1n) is 9.01. The Hall–Kier alpha value is -2.25. The summed E-state index contributed by atoms with van der Waals surface area (Å²) < 4.78 is 11.7. The highest BCUT2D eigenvalue weighted by molar-refractivity contribution is 9.10. The number of anilines is 1. The second-order valence-electron chi connectivity index (χ2n) is 6.66. The van der Waals surface area contributed by atoms with Crippen LogP contribution in [0.25, 0.3) is 0 Å². The van der Waals surface area contributed by atoms with Crippen molar-refractivity contribution in [2.24, 2.45) is 10.8 Å². The Morgan fingerprint density at radius 1 is 1.11 bits per heavy atom. The molecule has 2 aromatic rings. The lowest BCUT2D eigenvalue weighted by Crippen LogP contribution is -2.51. The summed E-state index contributed by atoms with van der Waals surface area (Å²) in [6.45, 7) is 0. The summed E-state index contributed by atoms with van der Waals surface area (Å²) in [6.07, 6.45) is 2.72. The molecule has 2 aliphatic rings. The van der Waals surface area contributed by atoms with Crippen LogP contribution in [0.3, 0.4) is 0 Å². The molecule has 0 aliphatic carbocycles. The highest BCUT2D eigenvalue weighted by atomic mass is 79.9. The molecule has 0 saturated carbocycles. The minimum atomic E-state index is -0.375. The second-order valence-corrected chi connectivity index (χ2v) is 7.51. The number of piperidine rings is 1. The van der Waals surface area contributed by atoms with Crippen LogP contribution in [0, 0.1) is 0 Å². The van der Waals surface area contributed by atoms with Gasteiger partial charge in [0, 0.05) is 23.0 Å². The zero-order valence-electron chi connectivity index (χ0n) is 15.4. The van der Waals surface area contributed by atoms with E-state index in [2.05, 4.69) is 45.1 Å². The van der Waals surface area contributed by atoms with Gasteiger partial charge in [0.25, 0.3) is 0 Å². The fraction of sp³-hybridized carbons (Fsp3) is 0.350. The lowest BCUT2D eigenvalue weighted by Gasteiger charge is -2.38. The van der Waals surface area contributed by atoms with Gasteiger partial charge in [0.2, 0.25) is 0 Å². The molecular weight excluding hydrogens is 408 g/mol. The summed E-state index contributed by atoms with van der Waals surface area (Å²) in [5.74, 6) is 2.34. The van der Waals surface area contributed by atoms with Crippen LogP contribution in [-0.4, -0.2) is 31.2 Å². The number of hydrogen-bond acceptors (Lipinski definition) is 6. The zero-order valence-corrected chi connectivity index (χ0v) is 17.0. The van der Waals surface area contributed by atoms with Gasteiger partial charge in [-0.05, 0) is 34.3 Å². The van der Waals surface area contributed by atoms with E-state index in [1.807, 2.05) is 23.2 Å². The van der Waals surface area contributed by atoms with E-state index in [9.17, 15) is 0 Å². The number of ether oxygens (including phenoxy) is 2. The van der Waals surface area contributed by atoms with Crippen LogP contribution in [0.5, 0.6) is 11.5 Å². The average molecular weight is 431 g/mol. The normalized spacial score (nSPS) is 21.7. The van der Waals surface area contributed by atoms with Crippen molar-refractivity contribution >= 4 is 27.5 Å². The van der Waals surface area contributed by atoms with E-state index in [-0.39, 0.29) is 12.3 Å². The van der Waals surface area contributed by atoms with Crippen molar-refractivity contribution in [2.45, 2.75) is 31.6 Å². The van der Waals surface area contributed by atoms with Crippen LogP contribution in [-0.2, 0) is 0 Å². The molecule has 7 heteroatoms. The second kappa shape index (κ2) is 7.40. The molecule has 2 N–H and O–H groups in total. The number of halogens is 1. The van der Waals surface area contributed by atoms with E-state index in [1.165, 1.54) is 5.56 Å². The van der Waals surface area contributed by atoms with Gasteiger partial charge in [-0.1, -0.05) is 30.3 Å². The first-order chi connectivity index (χ1) is 13.1. The van der Waals surface area contributed by atoms with Crippen molar-refractivity contribution < 1.29 is 9.47 Å². The Morgan fingerprint density at radius 3 is 2.52 bits per heavy atom. The molecule has 2 heterocycles. The maximum atomic E-state index is 6.67. The number of benzene rings is 2. The van der Waals surface area contributed by atoms with E-state index in [4.69, 9.17) is 20.3 Å². The standard InChI is InChI=1S/C20H23BrN4O2/c1-26-17-11-14(21)16(12-18(17)27-2)25-20(22)24-15(9-6-10-19(24)23-25)13-7-4-3-5-8-13/h3-5,7-8,11-12,15,20H,6,9-10,22H2,1-2H3. The number of rotatable bonds is 4. The fourth-order valence-electron chi connectivity index (χ4n) is 3.86. The Kier molecular flexibility index (Phi) is 4.97. The molecule has 1 saturated heterocycles. The molecule has 1 fully saturated rings. The molecule has 2 unspecified atom stereocenters. The quantitative estimate of drug-likeness (QED) is 0.791. The molecule has 2 atom stereocenters. The SMILES string of the molecule is COc1cc(Br)c(N2N=C3CCCC(c4ccccc4)N3C2N)cc1OC. The minimum Gasteiger partial charge on any atom is -0.493 e. The van der Waals surface area contributed by atoms with Gasteiger partial charge in [0.15, 0.2) is 17.8 Å². The van der Waals surface area contributed by atoms with Gasteiger partial charge in [-0.15, -0.1) is 0 Å². The predicted molar refractivity (Wildman–Crippen MR) is 110 cm³/mol. The summed E-state index contributed by atoms with van der Waals surface area (Å²) >= 11 is 3.63. The zero-order chi connectivity index (χ0) is 19.0. The topological polar surface area (TPSA) is 63.3 Å². The number of nitrogens with zero attached hydrogens (tertiary/aromatic N) is 3. The first kappa shape index (κ1) is 18.1. The van der Waals surface area contributed by atoms with Gasteiger partial charge in [-0.25, -0.2) is 5.01 Å². The molecule has 0 bridgehead atoms. The lowest BCUT2D eigenvalue weighted by atomic mass is 9.95. The van der Waals surface area contributed by atoms with Crippen LogP contribution in [0.2, 0.25) is 0 Å². The van der Waals surface area contributed by atoms with Gasteiger partial charge in [-0.2, -0.15) is 5.10 Å². The Morgan fingerprint density at radius 2 is 1.81 bits per heavy atom. The van der Waals surface area contributed by atoms with E-state index >= 15 is 0 Å². The molecule has 0 aromatic heterocycles. The third kappa shape index (κ3) is 3.15. The highest BCUT2D eigenvalue weighted by Gasteiger charge is 2.40. The molecular formula is C20H23BrN4O2. The van der Waals surface area contributed by atoms with E-state index in [0.29, 0.717) is 11.5 Å². The molecule has 27 heavy (non-hydrogen) atoms. The minimum absolute atomic E-state index is 0.234. The Balaban J connectivity index is 1.70.